The van der Waals surface area contributed by atoms with Crippen LogP contribution in [0.2, 0.25) is 0 Å². The summed E-state index contributed by atoms with van der Waals surface area (Å²) in [6, 6.07) is 8.04. The van der Waals surface area contributed by atoms with E-state index in [2.05, 4.69) is 50.9 Å². The fourth-order valence-electron chi connectivity index (χ4n) is 7.56. The molecule has 48 heavy (non-hydrogen) atoms. The van der Waals surface area contributed by atoms with Gasteiger partial charge in [-0.05, 0) is 74.6 Å². The van der Waals surface area contributed by atoms with E-state index in [9.17, 15) is 14.4 Å². The van der Waals surface area contributed by atoms with Crippen LogP contribution in [0.25, 0.3) is 0 Å². The number of urea groups is 1. The summed E-state index contributed by atoms with van der Waals surface area (Å²) in [6.45, 7) is 17.2. The van der Waals surface area contributed by atoms with Crippen LogP contribution in [0.15, 0.2) is 30.5 Å². The maximum absolute atomic E-state index is 13.9. The Bertz CT molecular complexity index is 1440. The molecule has 3 saturated heterocycles. The number of hydrogen-bond acceptors (Lipinski definition) is 7. The van der Waals surface area contributed by atoms with Crippen molar-refractivity contribution in [3.63, 3.8) is 0 Å². The smallest absolute Gasteiger partial charge is 0.322 e. The molecule has 1 aromatic carbocycles. The average molecular weight is 695 g/mol. The Morgan fingerprint density at radius 3 is 2.46 bits per heavy atom. The Morgan fingerprint density at radius 2 is 1.75 bits per heavy atom. The summed E-state index contributed by atoms with van der Waals surface area (Å²) in [4.78, 5) is 55.2. The molecule has 11 heteroatoms. The van der Waals surface area contributed by atoms with Crippen molar-refractivity contribution in [2.75, 3.05) is 51.1 Å². The molecule has 4 aliphatic rings. The summed E-state index contributed by atoms with van der Waals surface area (Å²) in [5, 5.41) is 3.79. The first-order valence-corrected chi connectivity index (χ1v) is 19.8. The zero-order chi connectivity index (χ0) is 34.0. The molecule has 9 nitrogen and oxygen atoms in total. The predicted octanol–water partition coefficient (Wildman–Crippen LogP) is 6.83. The van der Waals surface area contributed by atoms with E-state index >= 15 is 0 Å². The molecular formula is C37H54N6O3S2. The third-order valence-electron chi connectivity index (χ3n) is 10.3. The summed E-state index contributed by atoms with van der Waals surface area (Å²) in [5.41, 5.74) is 2.15. The molecule has 1 unspecified atom stereocenters. The van der Waals surface area contributed by atoms with Crippen molar-refractivity contribution < 1.29 is 14.4 Å². The first-order valence-electron chi connectivity index (χ1n) is 18.0. The van der Waals surface area contributed by atoms with Gasteiger partial charge in [0.1, 0.15) is 5.37 Å². The van der Waals surface area contributed by atoms with Gasteiger partial charge in [-0.2, -0.15) is 0 Å². The molecule has 5 heterocycles. The number of likely N-dealkylation sites (tertiary alicyclic amines) is 2. The third kappa shape index (κ3) is 8.38. The molecule has 0 radical (unpaired) electrons. The first kappa shape index (κ1) is 35.2. The van der Waals surface area contributed by atoms with Crippen LogP contribution in [0, 0.1) is 11.3 Å². The number of benzene rings is 1. The quantitative estimate of drug-likeness (QED) is 0.310. The molecule has 2 atom stereocenters. The van der Waals surface area contributed by atoms with Gasteiger partial charge in [0.25, 0.3) is 0 Å². The zero-order valence-corrected chi connectivity index (χ0v) is 31.1. The van der Waals surface area contributed by atoms with E-state index in [1.165, 1.54) is 5.01 Å². The fourth-order valence-corrected chi connectivity index (χ4v) is 10.3. The van der Waals surface area contributed by atoms with Gasteiger partial charge in [0, 0.05) is 63.0 Å². The normalized spacial score (nSPS) is 23.5. The number of rotatable bonds is 9. The standard InChI is InChI=1S/C37H54N6O3S2/c1-25(2)24-40-16-10-27(11-17-40)33-38-23-31(47-33)35-43(21-15-37(3,4)5)34(45)30(48-35)22-32(44)41-18-13-28(14-19-41)42-20-12-26-8-6-7-9-29(26)39-36(42)46/h6-9,23,25,27-28,30,35H,10-22,24H2,1-5H3,(H,39,46)/t30-,35?/m0/s1. The monoisotopic (exact) mass is 694 g/mol. The number of carbonyl (C=O) groups is 3. The molecular weight excluding hydrogens is 641 g/mol. The second-order valence-electron chi connectivity index (χ2n) is 15.7. The Morgan fingerprint density at radius 1 is 1.02 bits per heavy atom. The van der Waals surface area contributed by atoms with E-state index in [0.717, 1.165) is 74.3 Å². The minimum atomic E-state index is -0.389. The maximum Gasteiger partial charge on any atom is 0.322 e. The number of hydrogen-bond donors (Lipinski definition) is 1. The molecule has 0 bridgehead atoms. The van der Waals surface area contributed by atoms with E-state index in [1.807, 2.05) is 39.1 Å². The van der Waals surface area contributed by atoms with Crippen LogP contribution in [0.5, 0.6) is 0 Å². The first-order chi connectivity index (χ1) is 22.9. The molecule has 0 spiro atoms. The van der Waals surface area contributed by atoms with E-state index in [-0.39, 0.29) is 46.3 Å². The SMILES string of the molecule is CC(C)CN1CCC(c2ncc(C3S[C@@H](CC(=O)N4CCC(N5CCc6ccccc6NC5=O)CC4)C(=O)N3CCC(C)(C)C)s2)CC1. The molecule has 0 saturated carbocycles. The highest BCUT2D eigenvalue weighted by atomic mass is 32.2. The fraction of sp³-hybridized carbons (Fsp3) is 0.676. The van der Waals surface area contributed by atoms with Gasteiger partial charge in [0.05, 0.1) is 15.1 Å². The summed E-state index contributed by atoms with van der Waals surface area (Å²) >= 11 is 3.41. The lowest BCUT2D eigenvalue weighted by molar-refractivity contribution is -0.137. The highest BCUT2D eigenvalue weighted by molar-refractivity contribution is 8.01. The van der Waals surface area contributed by atoms with Crippen LogP contribution in [0.1, 0.15) is 99.9 Å². The molecule has 2 aromatic rings. The number of thiazole rings is 1. The van der Waals surface area contributed by atoms with Gasteiger partial charge in [-0.3, -0.25) is 9.59 Å². The number of nitrogens with zero attached hydrogens (tertiary/aromatic N) is 5. The van der Waals surface area contributed by atoms with Crippen molar-refractivity contribution in [2.24, 2.45) is 11.3 Å². The Kier molecular flexibility index (Phi) is 11.1. The van der Waals surface area contributed by atoms with Crippen LogP contribution < -0.4 is 5.32 Å². The van der Waals surface area contributed by atoms with Crippen molar-refractivity contribution in [3.05, 3.63) is 45.9 Å². The Hall–Kier alpha value is -2.63. The second kappa shape index (κ2) is 15.1. The van der Waals surface area contributed by atoms with Crippen LogP contribution >= 0.6 is 23.1 Å². The molecule has 1 N–H and O–H groups in total. The highest BCUT2D eigenvalue weighted by Gasteiger charge is 2.44. The third-order valence-corrected chi connectivity index (χ3v) is 13.2. The molecule has 0 aliphatic carbocycles. The average Bonchev–Trinajstić information content (AvgIpc) is 3.60. The topological polar surface area (TPSA) is 89.1 Å². The van der Waals surface area contributed by atoms with Gasteiger partial charge in [0.15, 0.2) is 0 Å². The molecule has 3 fully saturated rings. The number of anilines is 1. The van der Waals surface area contributed by atoms with Gasteiger partial charge < -0.3 is 24.9 Å². The molecule has 6 rings (SSSR count). The Labute approximate surface area is 295 Å². The van der Waals surface area contributed by atoms with E-state index < -0.39 is 0 Å². The van der Waals surface area contributed by atoms with Gasteiger partial charge in [-0.1, -0.05) is 52.8 Å². The van der Waals surface area contributed by atoms with Crippen LogP contribution in [-0.2, 0) is 16.0 Å². The van der Waals surface area contributed by atoms with E-state index in [1.54, 1.807) is 23.1 Å². The molecule has 262 valence electrons. The number of amides is 4. The van der Waals surface area contributed by atoms with Gasteiger partial charge >= 0.3 is 6.03 Å². The number of fused-ring (bicyclic) bond motifs is 1. The minimum Gasteiger partial charge on any atom is -0.342 e. The number of piperidine rings is 2. The van der Waals surface area contributed by atoms with Crippen molar-refractivity contribution in [1.29, 1.82) is 0 Å². The van der Waals surface area contributed by atoms with Crippen molar-refractivity contribution >= 4 is 46.6 Å². The minimum absolute atomic E-state index is 0.0431. The van der Waals surface area contributed by atoms with Gasteiger partial charge in [-0.25, -0.2) is 9.78 Å². The second-order valence-corrected chi connectivity index (χ2v) is 18.1. The molecule has 4 aliphatic heterocycles. The highest BCUT2D eigenvalue weighted by Crippen LogP contribution is 2.47. The van der Waals surface area contributed by atoms with E-state index in [4.69, 9.17) is 4.98 Å². The summed E-state index contributed by atoms with van der Waals surface area (Å²) in [6.07, 6.45) is 7.71. The summed E-state index contributed by atoms with van der Waals surface area (Å²) in [7, 11) is 0. The molecule has 1 aromatic heterocycles. The van der Waals surface area contributed by atoms with Crippen molar-refractivity contribution in [1.82, 2.24) is 24.6 Å². The van der Waals surface area contributed by atoms with Gasteiger partial charge in [0.2, 0.25) is 11.8 Å². The zero-order valence-electron chi connectivity index (χ0n) is 29.5. The number of aromatic nitrogens is 1. The summed E-state index contributed by atoms with van der Waals surface area (Å²) < 4.78 is 0. The van der Waals surface area contributed by atoms with Crippen LogP contribution in [0.3, 0.4) is 0 Å². The predicted molar refractivity (Wildman–Crippen MR) is 195 cm³/mol. The maximum atomic E-state index is 13.9. The lowest BCUT2D eigenvalue weighted by Gasteiger charge is -2.38. The summed E-state index contributed by atoms with van der Waals surface area (Å²) in [5.74, 6) is 1.28. The number of thioether (sulfide) groups is 1. The molecule has 4 amide bonds. The van der Waals surface area contributed by atoms with Crippen molar-refractivity contribution in [2.45, 2.75) is 102 Å². The van der Waals surface area contributed by atoms with Crippen LogP contribution in [0.4, 0.5) is 10.5 Å². The lowest BCUT2D eigenvalue weighted by Crippen LogP contribution is -2.50. The largest absolute Gasteiger partial charge is 0.342 e. The number of para-hydroxylation sites is 1. The van der Waals surface area contributed by atoms with Gasteiger partial charge in [-0.15, -0.1) is 23.1 Å². The van der Waals surface area contributed by atoms with Crippen LogP contribution in [-0.4, -0.2) is 99.5 Å². The van der Waals surface area contributed by atoms with E-state index in [0.29, 0.717) is 38.0 Å². The van der Waals surface area contributed by atoms with Crippen molar-refractivity contribution in [3.8, 4) is 0 Å². The lowest BCUT2D eigenvalue weighted by atomic mass is 9.92. The number of carbonyl (C=O) groups excluding carboxylic acids is 3. The number of nitrogens with one attached hydrogen (secondary N) is 1. The Balaban J connectivity index is 1.06.